The maximum atomic E-state index is 12.0. The van der Waals surface area contributed by atoms with Crippen molar-refractivity contribution in [3.63, 3.8) is 0 Å². The molecule has 1 fully saturated rings. The molecule has 2 rings (SSSR count). The normalized spacial score (nSPS) is 18.3. The Morgan fingerprint density at radius 3 is 2.55 bits per heavy atom. The number of amides is 1. The number of aromatic nitrogens is 2. The van der Waals surface area contributed by atoms with E-state index in [1.165, 1.54) is 5.69 Å². The molecule has 6 nitrogen and oxygen atoms in total. The third kappa shape index (κ3) is 4.47. The van der Waals surface area contributed by atoms with Gasteiger partial charge in [-0.15, -0.1) is 0 Å². The van der Waals surface area contributed by atoms with Crippen molar-refractivity contribution < 1.29 is 9.53 Å². The van der Waals surface area contributed by atoms with Crippen molar-refractivity contribution in [2.75, 3.05) is 13.1 Å². The summed E-state index contributed by atoms with van der Waals surface area (Å²) in [5.74, 6) is 0. The number of hydrogen-bond acceptors (Lipinski definition) is 4. The summed E-state index contributed by atoms with van der Waals surface area (Å²) in [6.07, 6.45) is 3.51. The van der Waals surface area contributed by atoms with Crippen molar-refractivity contribution in [3.8, 4) is 0 Å². The monoisotopic (exact) mass is 308 g/mol. The fourth-order valence-electron chi connectivity index (χ4n) is 2.80. The van der Waals surface area contributed by atoms with E-state index in [2.05, 4.69) is 17.3 Å². The molecule has 124 valence electrons. The first kappa shape index (κ1) is 16.8. The summed E-state index contributed by atoms with van der Waals surface area (Å²) in [5.41, 5.74) is 0.745. The van der Waals surface area contributed by atoms with Gasteiger partial charge >= 0.3 is 6.09 Å². The third-order valence-corrected chi connectivity index (χ3v) is 3.93. The van der Waals surface area contributed by atoms with Crippen LogP contribution in [-0.2, 0) is 11.8 Å². The highest BCUT2D eigenvalue weighted by Crippen LogP contribution is 2.18. The number of carbonyl (C=O) groups excluding carboxylic acids is 1. The highest BCUT2D eigenvalue weighted by atomic mass is 16.6. The zero-order valence-corrected chi connectivity index (χ0v) is 14.3. The van der Waals surface area contributed by atoms with Gasteiger partial charge in [-0.1, -0.05) is 0 Å². The number of carbonyl (C=O) groups is 1. The highest BCUT2D eigenvalue weighted by Gasteiger charge is 2.27. The summed E-state index contributed by atoms with van der Waals surface area (Å²) < 4.78 is 7.32. The first-order valence-electron chi connectivity index (χ1n) is 7.98. The van der Waals surface area contributed by atoms with Gasteiger partial charge in [0.25, 0.3) is 0 Å². The minimum atomic E-state index is -0.430. The van der Waals surface area contributed by atoms with E-state index in [1.807, 2.05) is 44.8 Å². The molecular weight excluding hydrogens is 280 g/mol. The Kier molecular flexibility index (Phi) is 5.11. The van der Waals surface area contributed by atoms with Crippen LogP contribution in [0.5, 0.6) is 0 Å². The number of ether oxygens (including phenoxy) is 1. The van der Waals surface area contributed by atoms with Gasteiger partial charge < -0.3 is 15.0 Å². The molecule has 0 aliphatic carbocycles. The van der Waals surface area contributed by atoms with Crippen LogP contribution in [0, 0.1) is 0 Å². The molecule has 0 aromatic carbocycles. The van der Waals surface area contributed by atoms with Crippen LogP contribution >= 0.6 is 0 Å². The molecule has 1 aromatic rings. The second-order valence-electron chi connectivity index (χ2n) is 7.01. The maximum Gasteiger partial charge on any atom is 0.410 e. The van der Waals surface area contributed by atoms with Gasteiger partial charge in [0.15, 0.2) is 0 Å². The lowest BCUT2D eigenvalue weighted by atomic mass is 10.0. The highest BCUT2D eigenvalue weighted by molar-refractivity contribution is 5.68. The average Bonchev–Trinajstić information content (AvgIpc) is 2.84. The number of hydrogen-bond donors (Lipinski definition) is 1. The van der Waals surface area contributed by atoms with Gasteiger partial charge in [0.2, 0.25) is 0 Å². The Hall–Kier alpha value is -1.56. The Morgan fingerprint density at radius 1 is 1.41 bits per heavy atom. The lowest BCUT2D eigenvalue weighted by Crippen LogP contribution is -2.47. The van der Waals surface area contributed by atoms with Gasteiger partial charge in [0.1, 0.15) is 5.60 Å². The third-order valence-electron chi connectivity index (χ3n) is 3.93. The predicted molar refractivity (Wildman–Crippen MR) is 85.6 cm³/mol. The summed E-state index contributed by atoms with van der Waals surface area (Å²) in [5, 5.41) is 7.84. The van der Waals surface area contributed by atoms with Crippen LogP contribution in [0.1, 0.15) is 52.3 Å². The van der Waals surface area contributed by atoms with Crippen molar-refractivity contribution in [1.82, 2.24) is 20.0 Å². The van der Waals surface area contributed by atoms with Crippen LogP contribution in [0.3, 0.4) is 0 Å². The standard InChI is InChI=1S/C16H28N4O2/c1-12(14-6-9-17-19(14)5)18-13-7-10-20(11-8-13)15(21)22-16(2,3)4/h6,9,12-13,18H,7-8,10-11H2,1-5H3. The lowest BCUT2D eigenvalue weighted by Gasteiger charge is -2.34. The van der Waals surface area contributed by atoms with Gasteiger partial charge in [-0.25, -0.2) is 4.79 Å². The number of rotatable bonds is 3. The number of piperidine rings is 1. The lowest BCUT2D eigenvalue weighted by molar-refractivity contribution is 0.0196. The van der Waals surface area contributed by atoms with Gasteiger partial charge in [0, 0.05) is 38.4 Å². The van der Waals surface area contributed by atoms with E-state index in [0.29, 0.717) is 6.04 Å². The van der Waals surface area contributed by atoms with Crippen molar-refractivity contribution in [3.05, 3.63) is 18.0 Å². The van der Waals surface area contributed by atoms with E-state index in [0.717, 1.165) is 25.9 Å². The molecule has 2 heterocycles. The maximum absolute atomic E-state index is 12.0. The second-order valence-corrected chi connectivity index (χ2v) is 7.01. The van der Waals surface area contributed by atoms with E-state index in [1.54, 1.807) is 4.90 Å². The van der Waals surface area contributed by atoms with E-state index < -0.39 is 5.60 Å². The first-order chi connectivity index (χ1) is 10.3. The molecule has 0 radical (unpaired) electrons. The Morgan fingerprint density at radius 2 is 2.05 bits per heavy atom. The summed E-state index contributed by atoms with van der Waals surface area (Å²) in [7, 11) is 1.96. The minimum Gasteiger partial charge on any atom is -0.444 e. The average molecular weight is 308 g/mol. The van der Waals surface area contributed by atoms with Crippen LogP contribution in [0.25, 0.3) is 0 Å². The summed E-state index contributed by atoms with van der Waals surface area (Å²) in [4.78, 5) is 13.8. The minimum absolute atomic E-state index is 0.203. The molecule has 0 saturated carbocycles. The molecule has 6 heteroatoms. The van der Waals surface area contributed by atoms with Gasteiger partial charge in [-0.05, 0) is 46.6 Å². The molecule has 0 spiro atoms. The smallest absolute Gasteiger partial charge is 0.410 e. The van der Waals surface area contributed by atoms with Gasteiger partial charge in [0.05, 0.1) is 5.69 Å². The van der Waals surface area contributed by atoms with Crippen LogP contribution in [0.15, 0.2) is 12.3 Å². The van der Waals surface area contributed by atoms with E-state index in [9.17, 15) is 4.79 Å². The molecule has 1 aromatic heterocycles. The molecule has 1 unspecified atom stereocenters. The van der Waals surface area contributed by atoms with Crippen LogP contribution in [0.2, 0.25) is 0 Å². The van der Waals surface area contributed by atoms with Gasteiger partial charge in [-0.3, -0.25) is 4.68 Å². The zero-order chi connectivity index (χ0) is 16.3. The van der Waals surface area contributed by atoms with Gasteiger partial charge in [-0.2, -0.15) is 5.10 Å². The van der Waals surface area contributed by atoms with Crippen molar-refractivity contribution in [2.24, 2.45) is 7.05 Å². The number of likely N-dealkylation sites (tertiary alicyclic amines) is 1. The first-order valence-corrected chi connectivity index (χ1v) is 7.98. The molecule has 1 amide bonds. The van der Waals surface area contributed by atoms with Crippen LogP contribution in [-0.4, -0.2) is 45.5 Å². The Labute approximate surface area is 132 Å². The Bertz CT molecular complexity index is 498. The summed E-state index contributed by atoms with van der Waals surface area (Å²) >= 11 is 0. The van der Waals surface area contributed by atoms with E-state index in [4.69, 9.17) is 4.74 Å². The molecule has 1 saturated heterocycles. The van der Waals surface area contributed by atoms with E-state index >= 15 is 0 Å². The molecule has 22 heavy (non-hydrogen) atoms. The Balaban J connectivity index is 1.80. The summed E-state index contributed by atoms with van der Waals surface area (Å²) in [6.45, 7) is 9.32. The summed E-state index contributed by atoms with van der Waals surface area (Å²) in [6, 6.07) is 2.71. The SMILES string of the molecule is CC(NC1CCN(C(=O)OC(C)(C)C)CC1)c1ccnn1C. The van der Waals surface area contributed by atoms with Crippen LogP contribution < -0.4 is 5.32 Å². The van der Waals surface area contributed by atoms with Crippen molar-refractivity contribution in [2.45, 2.75) is 58.2 Å². The molecule has 1 atom stereocenters. The predicted octanol–water partition coefficient (Wildman–Crippen LogP) is 2.47. The molecule has 1 N–H and O–H groups in total. The quantitative estimate of drug-likeness (QED) is 0.932. The van der Waals surface area contributed by atoms with E-state index in [-0.39, 0.29) is 12.1 Å². The van der Waals surface area contributed by atoms with Crippen molar-refractivity contribution >= 4 is 6.09 Å². The van der Waals surface area contributed by atoms with Crippen molar-refractivity contribution in [1.29, 1.82) is 0 Å². The fraction of sp³-hybridized carbons (Fsp3) is 0.750. The zero-order valence-electron chi connectivity index (χ0n) is 14.3. The van der Waals surface area contributed by atoms with Crippen LogP contribution in [0.4, 0.5) is 4.79 Å². The molecule has 0 bridgehead atoms. The largest absolute Gasteiger partial charge is 0.444 e. The number of nitrogens with zero attached hydrogens (tertiary/aromatic N) is 3. The topological polar surface area (TPSA) is 59.4 Å². The number of aryl methyl sites for hydroxylation is 1. The molecule has 1 aliphatic rings. The second kappa shape index (κ2) is 6.69. The number of nitrogens with one attached hydrogen (secondary N) is 1. The molecule has 1 aliphatic heterocycles. The fourth-order valence-corrected chi connectivity index (χ4v) is 2.80. The molecular formula is C16H28N4O2.